The zero-order valence-electron chi connectivity index (χ0n) is 9.12. The lowest BCUT2D eigenvalue weighted by Crippen LogP contribution is -2.35. The van der Waals surface area contributed by atoms with Crippen LogP contribution in [0.4, 0.5) is 13.2 Å². The summed E-state index contributed by atoms with van der Waals surface area (Å²) in [4.78, 5) is 13.9. The maximum Gasteiger partial charge on any atom is 0.425 e. The number of ether oxygens (including phenoxy) is 1. The smallest absolute Gasteiger partial charge is 0.425 e. The Balaban J connectivity index is 2.08. The fraction of sp³-hybridized carbons (Fsp3) is 0.455. The van der Waals surface area contributed by atoms with Crippen LogP contribution in [0.1, 0.15) is 29.0 Å². The van der Waals surface area contributed by atoms with Crippen molar-refractivity contribution in [3.05, 3.63) is 23.5 Å². The number of halogens is 3. The molecule has 1 saturated carbocycles. The summed E-state index contributed by atoms with van der Waals surface area (Å²) < 4.78 is 42.3. The lowest BCUT2D eigenvalue weighted by atomic mass is 10.2. The molecule has 1 atom stereocenters. The van der Waals surface area contributed by atoms with Crippen LogP contribution >= 0.6 is 0 Å². The van der Waals surface area contributed by atoms with Crippen molar-refractivity contribution in [2.45, 2.75) is 25.1 Å². The van der Waals surface area contributed by atoms with Gasteiger partial charge in [-0.15, -0.1) is 0 Å². The van der Waals surface area contributed by atoms with Gasteiger partial charge in [0.1, 0.15) is 17.5 Å². The van der Waals surface area contributed by atoms with Crippen LogP contribution in [0.5, 0.6) is 0 Å². The number of rotatable bonds is 3. The van der Waals surface area contributed by atoms with Gasteiger partial charge in [0.05, 0.1) is 0 Å². The summed E-state index contributed by atoms with van der Waals surface area (Å²) >= 11 is 0. The minimum absolute atomic E-state index is 0.0944. The monoisotopic (exact) mass is 258 g/mol. The minimum atomic E-state index is -4.55. The number of H-pyrrole nitrogens is 1. The Morgan fingerprint density at radius 2 is 2.17 bits per heavy atom. The van der Waals surface area contributed by atoms with Crippen molar-refractivity contribution >= 4 is 5.97 Å². The molecule has 1 fully saturated rings. The third kappa shape index (κ3) is 2.64. The van der Waals surface area contributed by atoms with Gasteiger partial charge >= 0.3 is 12.1 Å². The molecule has 0 aliphatic heterocycles. The van der Waals surface area contributed by atoms with Gasteiger partial charge in [0.2, 0.25) is 0 Å². The molecule has 0 aromatic carbocycles. The highest BCUT2D eigenvalue weighted by Gasteiger charge is 2.51. The maximum atomic E-state index is 12.6. The van der Waals surface area contributed by atoms with Crippen molar-refractivity contribution in [1.29, 1.82) is 5.26 Å². The molecule has 1 heterocycles. The van der Waals surface area contributed by atoms with Crippen molar-refractivity contribution in [3.63, 3.8) is 0 Å². The molecular formula is C11H9F3N2O2. The van der Waals surface area contributed by atoms with E-state index in [9.17, 15) is 18.0 Å². The Kier molecular flexibility index (Phi) is 3.03. The van der Waals surface area contributed by atoms with Crippen LogP contribution < -0.4 is 0 Å². The molecule has 1 aromatic rings. The first kappa shape index (κ1) is 12.5. The van der Waals surface area contributed by atoms with Crippen LogP contribution in [-0.2, 0) is 4.74 Å². The van der Waals surface area contributed by atoms with E-state index in [0.29, 0.717) is 12.8 Å². The van der Waals surface area contributed by atoms with Gasteiger partial charge in [0, 0.05) is 5.92 Å². The van der Waals surface area contributed by atoms with E-state index in [1.54, 1.807) is 6.07 Å². The molecule has 1 aliphatic carbocycles. The van der Waals surface area contributed by atoms with E-state index in [1.807, 2.05) is 0 Å². The van der Waals surface area contributed by atoms with Crippen LogP contribution in [-0.4, -0.2) is 23.2 Å². The van der Waals surface area contributed by atoms with E-state index in [1.165, 1.54) is 12.1 Å². The lowest BCUT2D eigenvalue weighted by molar-refractivity contribution is -0.210. The molecule has 0 unspecified atom stereocenters. The van der Waals surface area contributed by atoms with Gasteiger partial charge in [-0.3, -0.25) is 0 Å². The molecule has 1 N–H and O–H groups in total. The number of aromatic nitrogens is 1. The molecule has 7 heteroatoms. The first-order valence-corrected chi connectivity index (χ1v) is 5.28. The van der Waals surface area contributed by atoms with Gasteiger partial charge in [-0.2, -0.15) is 18.4 Å². The van der Waals surface area contributed by atoms with Crippen molar-refractivity contribution in [1.82, 2.24) is 4.98 Å². The average molecular weight is 258 g/mol. The molecule has 4 nitrogen and oxygen atoms in total. The summed E-state index contributed by atoms with van der Waals surface area (Å²) in [6, 6.07) is 4.26. The van der Waals surface area contributed by atoms with Crippen molar-refractivity contribution in [2.75, 3.05) is 0 Å². The van der Waals surface area contributed by atoms with Crippen molar-refractivity contribution in [3.8, 4) is 6.07 Å². The number of alkyl halides is 3. The van der Waals surface area contributed by atoms with E-state index >= 15 is 0 Å². The summed E-state index contributed by atoms with van der Waals surface area (Å²) in [6.07, 6.45) is -5.79. The summed E-state index contributed by atoms with van der Waals surface area (Å²) in [6.45, 7) is 0. The number of carbonyl (C=O) groups is 1. The van der Waals surface area contributed by atoms with Crippen LogP contribution in [0.2, 0.25) is 0 Å². The number of nitrogens with zero attached hydrogens (tertiary/aromatic N) is 1. The zero-order valence-corrected chi connectivity index (χ0v) is 9.12. The normalized spacial score (nSPS) is 17.0. The van der Waals surface area contributed by atoms with E-state index in [2.05, 4.69) is 9.72 Å². The molecular weight excluding hydrogens is 249 g/mol. The first-order chi connectivity index (χ1) is 8.41. The summed E-state index contributed by atoms with van der Waals surface area (Å²) in [5.41, 5.74) is -0.0571. The average Bonchev–Trinajstić information content (AvgIpc) is 3.00. The molecule has 0 radical (unpaired) electrons. The summed E-state index contributed by atoms with van der Waals surface area (Å²) in [7, 11) is 0. The molecule has 0 bridgehead atoms. The maximum absolute atomic E-state index is 12.6. The van der Waals surface area contributed by atoms with Crippen LogP contribution in [0, 0.1) is 17.2 Å². The number of carbonyl (C=O) groups excluding carboxylic acids is 1. The van der Waals surface area contributed by atoms with E-state index < -0.39 is 24.2 Å². The SMILES string of the molecule is N#Cc1ccc(C(=O)O[C@@H](C2CC2)C(F)(F)F)[nH]1. The van der Waals surface area contributed by atoms with Crippen LogP contribution in [0.25, 0.3) is 0 Å². The fourth-order valence-corrected chi connectivity index (χ4v) is 1.59. The molecule has 18 heavy (non-hydrogen) atoms. The van der Waals surface area contributed by atoms with Crippen molar-refractivity contribution < 1.29 is 22.7 Å². The van der Waals surface area contributed by atoms with Gasteiger partial charge in [-0.05, 0) is 25.0 Å². The first-order valence-electron chi connectivity index (χ1n) is 5.28. The van der Waals surface area contributed by atoms with E-state index in [0.717, 1.165) is 0 Å². The number of nitrogens with one attached hydrogen (secondary N) is 1. The molecule has 96 valence electrons. The van der Waals surface area contributed by atoms with Crippen molar-refractivity contribution in [2.24, 2.45) is 5.92 Å². The Labute approximate surface area is 100 Å². The highest BCUT2D eigenvalue weighted by molar-refractivity contribution is 5.87. The van der Waals surface area contributed by atoms with Gasteiger partial charge in [-0.25, -0.2) is 4.79 Å². The standard InChI is InChI=1S/C11H9F3N2O2/c12-11(13,14)9(6-1-2-6)18-10(17)8-4-3-7(5-15)16-8/h3-4,6,9,16H,1-2H2/t9-/m0/s1. The van der Waals surface area contributed by atoms with Crippen LogP contribution in [0.15, 0.2) is 12.1 Å². The molecule has 1 aromatic heterocycles. The van der Waals surface area contributed by atoms with Gasteiger partial charge in [0.15, 0.2) is 6.10 Å². The zero-order chi connectivity index (χ0) is 13.3. The predicted molar refractivity (Wildman–Crippen MR) is 53.5 cm³/mol. The molecule has 0 amide bonds. The number of hydrogen-bond acceptors (Lipinski definition) is 3. The third-order valence-corrected chi connectivity index (χ3v) is 2.63. The predicted octanol–water partition coefficient (Wildman–Crippen LogP) is 2.38. The molecule has 0 spiro atoms. The number of nitriles is 1. The molecule has 1 aliphatic rings. The Morgan fingerprint density at radius 3 is 2.61 bits per heavy atom. The number of aromatic amines is 1. The second-order valence-corrected chi connectivity index (χ2v) is 4.10. The van der Waals surface area contributed by atoms with Gasteiger partial charge in [-0.1, -0.05) is 0 Å². The Bertz CT molecular complexity index is 497. The highest BCUT2D eigenvalue weighted by Crippen LogP contribution is 2.42. The Morgan fingerprint density at radius 1 is 1.50 bits per heavy atom. The molecule has 2 rings (SSSR count). The number of esters is 1. The topological polar surface area (TPSA) is 65.9 Å². The summed E-state index contributed by atoms with van der Waals surface area (Å²) in [5, 5.41) is 8.53. The highest BCUT2D eigenvalue weighted by atomic mass is 19.4. The van der Waals surface area contributed by atoms with E-state index in [-0.39, 0.29) is 11.4 Å². The number of hydrogen-bond donors (Lipinski definition) is 1. The lowest BCUT2D eigenvalue weighted by Gasteiger charge is -2.19. The largest absolute Gasteiger partial charge is 0.448 e. The third-order valence-electron chi connectivity index (χ3n) is 2.63. The van der Waals surface area contributed by atoms with Gasteiger partial charge in [0.25, 0.3) is 0 Å². The fourth-order valence-electron chi connectivity index (χ4n) is 1.59. The summed E-state index contributed by atoms with van der Waals surface area (Å²) in [5.74, 6) is -1.73. The second-order valence-electron chi connectivity index (χ2n) is 4.10. The minimum Gasteiger partial charge on any atom is -0.448 e. The second kappa shape index (κ2) is 4.37. The van der Waals surface area contributed by atoms with Crippen LogP contribution in [0.3, 0.4) is 0 Å². The molecule has 0 saturated heterocycles. The van der Waals surface area contributed by atoms with E-state index in [4.69, 9.17) is 5.26 Å². The Hall–Kier alpha value is -1.97. The quantitative estimate of drug-likeness (QED) is 0.846. The van der Waals surface area contributed by atoms with Gasteiger partial charge < -0.3 is 9.72 Å².